The van der Waals surface area contributed by atoms with Crippen LogP contribution in [0.2, 0.25) is 0 Å². The fourth-order valence-corrected chi connectivity index (χ4v) is 1.88. The highest BCUT2D eigenvalue weighted by Gasteiger charge is 2.14. The summed E-state index contributed by atoms with van der Waals surface area (Å²) < 4.78 is 7.76. The molecule has 1 aliphatic heterocycles. The first-order valence-electron chi connectivity index (χ1n) is 5.62. The van der Waals surface area contributed by atoms with Crippen LogP contribution in [0.5, 0.6) is 0 Å². The van der Waals surface area contributed by atoms with Crippen molar-refractivity contribution in [2.75, 3.05) is 13.2 Å². The van der Waals surface area contributed by atoms with Gasteiger partial charge in [-0.25, -0.2) is 4.98 Å². The number of hydrogen-bond acceptors (Lipinski definition) is 3. The molecule has 0 unspecified atom stereocenters. The zero-order valence-corrected chi connectivity index (χ0v) is 9.49. The second kappa shape index (κ2) is 4.77. The smallest absolute Gasteiger partial charge is 0.0953 e. The van der Waals surface area contributed by atoms with Crippen molar-refractivity contribution in [1.82, 2.24) is 14.9 Å². The molecule has 0 saturated carbocycles. The predicted molar refractivity (Wildman–Crippen MR) is 58.7 cm³/mol. The van der Waals surface area contributed by atoms with Gasteiger partial charge in [0.2, 0.25) is 0 Å². The summed E-state index contributed by atoms with van der Waals surface area (Å²) in [6, 6.07) is 0. The van der Waals surface area contributed by atoms with Crippen LogP contribution in [0.4, 0.5) is 0 Å². The molecule has 1 N–H and O–H groups in total. The van der Waals surface area contributed by atoms with Gasteiger partial charge < -0.3 is 14.6 Å². The number of nitrogens with zero attached hydrogens (tertiary/aromatic N) is 2. The van der Waals surface area contributed by atoms with Crippen LogP contribution in [0.15, 0.2) is 6.33 Å². The minimum atomic E-state index is 0.311. The second-order valence-electron chi connectivity index (χ2n) is 4.18. The normalized spacial score (nSPS) is 15.7. The van der Waals surface area contributed by atoms with Crippen LogP contribution < -0.4 is 5.32 Å². The van der Waals surface area contributed by atoms with Crippen molar-refractivity contribution in [3.63, 3.8) is 0 Å². The molecule has 2 heterocycles. The summed E-state index contributed by atoms with van der Waals surface area (Å²) >= 11 is 0. The van der Waals surface area contributed by atoms with Crippen LogP contribution in [0.25, 0.3) is 0 Å². The van der Waals surface area contributed by atoms with Crippen molar-refractivity contribution in [3.8, 4) is 0 Å². The molecule has 0 aromatic carbocycles. The maximum Gasteiger partial charge on any atom is 0.0953 e. The van der Waals surface area contributed by atoms with E-state index in [-0.39, 0.29) is 0 Å². The lowest BCUT2D eigenvalue weighted by Crippen LogP contribution is -2.25. The highest BCUT2D eigenvalue weighted by Crippen LogP contribution is 2.11. The van der Waals surface area contributed by atoms with Crippen LogP contribution in [-0.2, 0) is 24.2 Å². The van der Waals surface area contributed by atoms with E-state index in [1.165, 1.54) is 11.4 Å². The number of rotatable bonds is 4. The number of imidazole rings is 1. The molecule has 4 nitrogen and oxygen atoms in total. The molecule has 15 heavy (non-hydrogen) atoms. The summed E-state index contributed by atoms with van der Waals surface area (Å²) in [6.07, 6.45) is 3.32. The lowest BCUT2D eigenvalue weighted by molar-refractivity contribution is 0.0723. The molecule has 1 aromatic rings. The van der Waals surface area contributed by atoms with Crippen molar-refractivity contribution in [3.05, 3.63) is 17.7 Å². The largest absolute Gasteiger partial charge is 0.377 e. The van der Waals surface area contributed by atoms with Gasteiger partial charge in [-0.1, -0.05) is 0 Å². The average molecular weight is 209 g/mol. The van der Waals surface area contributed by atoms with Gasteiger partial charge in [0, 0.05) is 31.7 Å². The Morgan fingerprint density at radius 3 is 3.27 bits per heavy atom. The summed E-state index contributed by atoms with van der Waals surface area (Å²) in [6.45, 7) is 7.78. The fourth-order valence-electron chi connectivity index (χ4n) is 1.88. The Kier molecular flexibility index (Phi) is 3.38. The first-order chi connectivity index (χ1) is 7.27. The van der Waals surface area contributed by atoms with Gasteiger partial charge in [-0.3, -0.25) is 0 Å². The molecule has 4 heteroatoms. The number of hydrogen-bond donors (Lipinski definition) is 1. The highest BCUT2D eigenvalue weighted by atomic mass is 16.5. The Bertz CT molecular complexity index is 320. The van der Waals surface area contributed by atoms with E-state index in [1.807, 2.05) is 6.33 Å². The van der Waals surface area contributed by atoms with Crippen molar-refractivity contribution < 1.29 is 4.74 Å². The zero-order valence-electron chi connectivity index (χ0n) is 9.49. The second-order valence-corrected chi connectivity index (χ2v) is 4.18. The molecule has 0 aliphatic carbocycles. The van der Waals surface area contributed by atoms with Crippen LogP contribution in [0, 0.1) is 0 Å². The summed E-state index contributed by atoms with van der Waals surface area (Å²) in [7, 11) is 0. The van der Waals surface area contributed by atoms with Gasteiger partial charge in [-0.15, -0.1) is 0 Å². The van der Waals surface area contributed by atoms with E-state index in [1.54, 1.807) is 0 Å². The van der Waals surface area contributed by atoms with E-state index in [0.717, 1.165) is 32.7 Å². The maximum atomic E-state index is 5.54. The van der Waals surface area contributed by atoms with Gasteiger partial charge in [0.05, 0.1) is 24.7 Å². The van der Waals surface area contributed by atoms with E-state index in [4.69, 9.17) is 4.74 Å². The van der Waals surface area contributed by atoms with E-state index >= 15 is 0 Å². The standard InChI is InChI=1S/C11H19N3O/c1-9(2)15-6-5-14-8-13-10-7-12-4-3-11(10)14/h8-9,12H,3-7H2,1-2H3. The molecule has 0 bridgehead atoms. The number of nitrogens with one attached hydrogen (secondary N) is 1. The number of ether oxygens (including phenoxy) is 1. The zero-order chi connectivity index (χ0) is 10.7. The molecule has 1 aliphatic rings. The molecule has 1 aromatic heterocycles. The third-order valence-corrected chi connectivity index (χ3v) is 2.65. The van der Waals surface area contributed by atoms with Gasteiger partial charge in [0.1, 0.15) is 0 Å². The molecular weight excluding hydrogens is 190 g/mol. The van der Waals surface area contributed by atoms with Crippen molar-refractivity contribution in [2.45, 2.75) is 39.5 Å². The molecule has 0 atom stereocenters. The fraction of sp³-hybridized carbons (Fsp3) is 0.727. The van der Waals surface area contributed by atoms with Crippen molar-refractivity contribution in [1.29, 1.82) is 0 Å². The van der Waals surface area contributed by atoms with Crippen LogP contribution in [0.1, 0.15) is 25.2 Å². The van der Waals surface area contributed by atoms with Crippen LogP contribution in [-0.4, -0.2) is 28.8 Å². The highest BCUT2D eigenvalue weighted by molar-refractivity contribution is 5.16. The molecule has 0 fully saturated rings. The number of aromatic nitrogens is 2. The Labute approximate surface area is 90.6 Å². The van der Waals surface area contributed by atoms with Crippen LogP contribution in [0.3, 0.4) is 0 Å². The van der Waals surface area contributed by atoms with Gasteiger partial charge in [0.25, 0.3) is 0 Å². The Morgan fingerprint density at radius 1 is 1.60 bits per heavy atom. The quantitative estimate of drug-likeness (QED) is 0.802. The summed E-state index contributed by atoms with van der Waals surface area (Å²) in [5, 5.41) is 3.32. The van der Waals surface area contributed by atoms with E-state index in [2.05, 4.69) is 28.7 Å². The third kappa shape index (κ3) is 2.58. The molecule has 0 amide bonds. The maximum absolute atomic E-state index is 5.54. The van der Waals surface area contributed by atoms with Crippen LogP contribution >= 0.6 is 0 Å². The molecular formula is C11H19N3O. The Hall–Kier alpha value is -0.870. The molecule has 84 valence electrons. The molecule has 0 saturated heterocycles. The van der Waals surface area contributed by atoms with Crippen molar-refractivity contribution in [2.24, 2.45) is 0 Å². The van der Waals surface area contributed by atoms with Gasteiger partial charge in [-0.2, -0.15) is 0 Å². The predicted octanol–water partition coefficient (Wildman–Crippen LogP) is 0.954. The first-order valence-corrected chi connectivity index (χ1v) is 5.62. The molecule has 0 spiro atoms. The Balaban J connectivity index is 1.94. The third-order valence-electron chi connectivity index (χ3n) is 2.65. The summed E-state index contributed by atoms with van der Waals surface area (Å²) in [4.78, 5) is 4.40. The van der Waals surface area contributed by atoms with Gasteiger partial charge in [0.15, 0.2) is 0 Å². The first kappa shape index (κ1) is 10.6. The number of fused-ring (bicyclic) bond motifs is 1. The summed E-state index contributed by atoms with van der Waals surface area (Å²) in [5.74, 6) is 0. The van der Waals surface area contributed by atoms with Gasteiger partial charge >= 0.3 is 0 Å². The minimum Gasteiger partial charge on any atom is -0.377 e. The van der Waals surface area contributed by atoms with Crippen molar-refractivity contribution >= 4 is 0 Å². The van der Waals surface area contributed by atoms with Gasteiger partial charge in [-0.05, 0) is 13.8 Å². The SMILES string of the molecule is CC(C)OCCn1cnc2c1CCNC2. The average Bonchev–Trinajstić information content (AvgIpc) is 2.62. The topological polar surface area (TPSA) is 39.1 Å². The monoisotopic (exact) mass is 209 g/mol. The summed E-state index contributed by atoms with van der Waals surface area (Å²) in [5.41, 5.74) is 2.58. The molecule has 0 radical (unpaired) electrons. The van der Waals surface area contributed by atoms with E-state index in [0.29, 0.717) is 6.10 Å². The van der Waals surface area contributed by atoms with E-state index < -0.39 is 0 Å². The lowest BCUT2D eigenvalue weighted by Gasteiger charge is -2.15. The molecule has 2 rings (SSSR count). The minimum absolute atomic E-state index is 0.311. The lowest BCUT2D eigenvalue weighted by atomic mass is 10.2. The van der Waals surface area contributed by atoms with E-state index in [9.17, 15) is 0 Å². The Morgan fingerprint density at radius 2 is 2.47 bits per heavy atom.